The summed E-state index contributed by atoms with van der Waals surface area (Å²) in [5.41, 5.74) is 7.54. The van der Waals surface area contributed by atoms with Gasteiger partial charge >= 0.3 is 0 Å². The van der Waals surface area contributed by atoms with Crippen molar-refractivity contribution < 1.29 is 9.62 Å². The first kappa shape index (κ1) is 11.5. The minimum atomic E-state index is -0.154. The van der Waals surface area contributed by atoms with Crippen LogP contribution in [0.2, 0.25) is 0 Å². The molecule has 4 nitrogen and oxygen atoms in total. The van der Waals surface area contributed by atoms with E-state index in [2.05, 4.69) is 5.16 Å². The van der Waals surface area contributed by atoms with Gasteiger partial charge in [0.05, 0.1) is 0 Å². The third kappa shape index (κ3) is 1.86. The van der Waals surface area contributed by atoms with Crippen molar-refractivity contribution in [2.24, 2.45) is 10.9 Å². The molecule has 0 amide bonds. The number of hydrogen-bond acceptors (Lipinski definition) is 3. The SMILES string of the molecule is CCc1oc2ccccc2c1C(C)/C(N)=N/O. The second kappa shape index (κ2) is 4.49. The molecule has 0 aliphatic heterocycles. The van der Waals surface area contributed by atoms with Gasteiger partial charge in [-0.15, -0.1) is 0 Å². The van der Waals surface area contributed by atoms with Gasteiger partial charge in [-0.05, 0) is 6.07 Å². The number of furan rings is 1. The van der Waals surface area contributed by atoms with Crippen LogP contribution in [-0.2, 0) is 6.42 Å². The van der Waals surface area contributed by atoms with E-state index in [0.29, 0.717) is 0 Å². The van der Waals surface area contributed by atoms with Gasteiger partial charge in [-0.1, -0.05) is 37.2 Å². The van der Waals surface area contributed by atoms with Crippen LogP contribution < -0.4 is 5.73 Å². The standard InChI is InChI=1S/C13H16N2O2/c1-3-10-12(8(2)13(14)15-16)9-6-4-5-7-11(9)17-10/h4-8,16H,3H2,1-2H3,(H2,14,15). The van der Waals surface area contributed by atoms with E-state index in [-0.39, 0.29) is 11.8 Å². The Hall–Kier alpha value is -1.97. The molecule has 1 heterocycles. The number of hydrogen-bond donors (Lipinski definition) is 2. The van der Waals surface area contributed by atoms with Crippen molar-refractivity contribution in [2.45, 2.75) is 26.2 Å². The molecule has 1 atom stereocenters. The van der Waals surface area contributed by atoms with E-state index in [9.17, 15) is 0 Å². The number of amidine groups is 1. The summed E-state index contributed by atoms with van der Waals surface area (Å²) in [6, 6.07) is 7.81. The van der Waals surface area contributed by atoms with Crippen LogP contribution in [0.1, 0.15) is 31.1 Å². The Labute approximate surface area is 99.7 Å². The zero-order valence-corrected chi connectivity index (χ0v) is 9.97. The average Bonchev–Trinajstić information content (AvgIpc) is 2.75. The predicted molar refractivity (Wildman–Crippen MR) is 67.4 cm³/mol. The molecule has 17 heavy (non-hydrogen) atoms. The molecule has 2 aromatic rings. The van der Waals surface area contributed by atoms with E-state index in [0.717, 1.165) is 28.7 Å². The maximum absolute atomic E-state index is 8.77. The van der Waals surface area contributed by atoms with E-state index in [4.69, 9.17) is 15.4 Å². The fourth-order valence-corrected chi connectivity index (χ4v) is 2.09. The van der Waals surface area contributed by atoms with Gasteiger partial charge in [-0.25, -0.2) is 0 Å². The Morgan fingerprint density at radius 2 is 2.18 bits per heavy atom. The van der Waals surface area contributed by atoms with E-state index in [1.54, 1.807) is 0 Å². The average molecular weight is 232 g/mol. The highest BCUT2D eigenvalue weighted by atomic mass is 16.4. The monoisotopic (exact) mass is 232 g/mol. The van der Waals surface area contributed by atoms with Crippen LogP contribution in [0.3, 0.4) is 0 Å². The lowest BCUT2D eigenvalue weighted by molar-refractivity contribution is 0.316. The molecule has 1 unspecified atom stereocenters. The highest BCUT2D eigenvalue weighted by molar-refractivity contribution is 5.93. The van der Waals surface area contributed by atoms with Crippen LogP contribution >= 0.6 is 0 Å². The lowest BCUT2D eigenvalue weighted by atomic mass is 9.96. The molecule has 1 aromatic heterocycles. The molecule has 0 bridgehead atoms. The third-order valence-electron chi connectivity index (χ3n) is 3.02. The van der Waals surface area contributed by atoms with Gasteiger partial charge in [0.2, 0.25) is 0 Å². The fraction of sp³-hybridized carbons (Fsp3) is 0.308. The molecule has 0 saturated carbocycles. The van der Waals surface area contributed by atoms with Gasteiger partial charge in [0.15, 0.2) is 0 Å². The van der Waals surface area contributed by atoms with Crippen molar-refractivity contribution in [1.82, 2.24) is 0 Å². The maximum Gasteiger partial charge on any atom is 0.146 e. The van der Waals surface area contributed by atoms with Crippen LogP contribution in [0.5, 0.6) is 0 Å². The van der Waals surface area contributed by atoms with E-state index in [1.807, 2.05) is 38.1 Å². The Morgan fingerprint density at radius 1 is 1.47 bits per heavy atom. The van der Waals surface area contributed by atoms with Crippen molar-refractivity contribution >= 4 is 16.8 Å². The molecular formula is C13H16N2O2. The van der Waals surface area contributed by atoms with Gasteiger partial charge in [0, 0.05) is 23.3 Å². The van der Waals surface area contributed by atoms with Crippen LogP contribution in [0, 0.1) is 0 Å². The minimum absolute atomic E-state index is 0.154. The molecule has 4 heteroatoms. The molecule has 90 valence electrons. The molecule has 0 fully saturated rings. The largest absolute Gasteiger partial charge is 0.461 e. The summed E-state index contributed by atoms with van der Waals surface area (Å²) in [6.45, 7) is 3.94. The molecule has 1 aromatic carbocycles. The van der Waals surface area contributed by atoms with Gasteiger partial charge < -0.3 is 15.4 Å². The zero-order chi connectivity index (χ0) is 12.4. The summed E-state index contributed by atoms with van der Waals surface area (Å²) in [5, 5.41) is 12.9. The van der Waals surface area contributed by atoms with Crippen LogP contribution in [0.25, 0.3) is 11.0 Å². The lowest BCUT2D eigenvalue weighted by Gasteiger charge is -2.09. The van der Waals surface area contributed by atoms with E-state index in [1.165, 1.54) is 0 Å². The third-order valence-corrected chi connectivity index (χ3v) is 3.02. The highest BCUT2D eigenvalue weighted by Gasteiger charge is 2.21. The summed E-state index contributed by atoms with van der Waals surface area (Å²) in [6.07, 6.45) is 0.785. The number of nitrogens with two attached hydrogens (primary N) is 1. The molecule has 0 aliphatic carbocycles. The Morgan fingerprint density at radius 3 is 2.82 bits per heavy atom. The highest BCUT2D eigenvalue weighted by Crippen LogP contribution is 2.32. The Kier molecular flexibility index (Phi) is 3.04. The summed E-state index contributed by atoms with van der Waals surface area (Å²) in [4.78, 5) is 0. The molecule has 2 rings (SSSR count). The number of aryl methyl sites for hydroxylation is 1. The van der Waals surface area contributed by atoms with Crippen LogP contribution in [0.4, 0.5) is 0 Å². The first-order chi connectivity index (χ1) is 8.19. The maximum atomic E-state index is 8.77. The Balaban J connectivity index is 2.65. The first-order valence-corrected chi connectivity index (χ1v) is 5.66. The minimum Gasteiger partial charge on any atom is -0.461 e. The molecule has 0 aliphatic rings. The van der Waals surface area contributed by atoms with Gasteiger partial charge in [0.25, 0.3) is 0 Å². The number of benzene rings is 1. The lowest BCUT2D eigenvalue weighted by Crippen LogP contribution is -2.20. The molecular weight excluding hydrogens is 216 g/mol. The summed E-state index contributed by atoms with van der Waals surface area (Å²) >= 11 is 0. The molecule has 3 N–H and O–H groups in total. The van der Waals surface area contributed by atoms with Crippen molar-refractivity contribution in [1.29, 1.82) is 0 Å². The quantitative estimate of drug-likeness (QED) is 0.370. The second-order valence-corrected chi connectivity index (χ2v) is 4.04. The number of rotatable bonds is 3. The first-order valence-electron chi connectivity index (χ1n) is 5.66. The molecule has 0 saturated heterocycles. The van der Waals surface area contributed by atoms with Gasteiger partial charge in [0.1, 0.15) is 17.2 Å². The summed E-state index contributed by atoms with van der Waals surface area (Å²) < 4.78 is 5.77. The van der Waals surface area contributed by atoms with Gasteiger partial charge in [-0.3, -0.25) is 0 Å². The topological polar surface area (TPSA) is 71.8 Å². The summed E-state index contributed by atoms with van der Waals surface area (Å²) in [5.74, 6) is 0.940. The predicted octanol–water partition coefficient (Wildman–Crippen LogP) is 2.85. The normalized spacial score (nSPS) is 14.1. The van der Waals surface area contributed by atoms with E-state index >= 15 is 0 Å². The van der Waals surface area contributed by atoms with Crippen molar-refractivity contribution in [3.8, 4) is 0 Å². The van der Waals surface area contributed by atoms with Crippen molar-refractivity contribution in [2.75, 3.05) is 0 Å². The zero-order valence-electron chi connectivity index (χ0n) is 9.97. The smallest absolute Gasteiger partial charge is 0.146 e. The van der Waals surface area contributed by atoms with E-state index < -0.39 is 0 Å². The number of nitrogens with zero attached hydrogens (tertiary/aromatic N) is 1. The van der Waals surface area contributed by atoms with Crippen LogP contribution in [-0.4, -0.2) is 11.0 Å². The number of fused-ring (bicyclic) bond motifs is 1. The molecule has 0 spiro atoms. The number of para-hydroxylation sites is 1. The van der Waals surface area contributed by atoms with Crippen molar-refractivity contribution in [3.63, 3.8) is 0 Å². The van der Waals surface area contributed by atoms with Gasteiger partial charge in [-0.2, -0.15) is 0 Å². The number of oxime groups is 1. The molecule has 0 radical (unpaired) electrons. The summed E-state index contributed by atoms with van der Waals surface area (Å²) in [7, 11) is 0. The Bertz CT molecular complexity index is 558. The second-order valence-electron chi connectivity index (χ2n) is 4.04. The fourth-order valence-electron chi connectivity index (χ4n) is 2.09. The van der Waals surface area contributed by atoms with Crippen LogP contribution in [0.15, 0.2) is 33.8 Å². The van der Waals surface area contributed by atoms with Crippen molar-refractivity contribution in [3.05, 3.63) is 35.6 Å².